The maximum absolute atomic E-state index is 11.9. The summed E-state index contributed by atoms with van der Waals surface area (Å²) in [6.45, 7) is 2.62. The Morgan fingerprint density at radius 1 is 1.47 bits per heavy atom. The van der Waals surface area contributed by atoms with Gasteiger partial charge in [0.2, 0.25) is 0 Å². The quantitative estimate of drug-likeness (QED) is 0.583. The van der Waals surface area contributed by atoms with Gasteiger partial charge in [0.15, 0.2) is 0 Å². The number of likely N-dealkylation sites (tertiary alicyclic amines) is 1. The average Bonchev–Trinajstić information content (AvgIpc) is 2.36. The molecule has 0 radical (unpaired) electrons. The Kier molecular flexibility index (Phi) is 5.47. The lowest BCUT2D eigenvalue weighted by atomic mass is 9.98. The third-order valence-corrected chi connectivity index (χ3v) is 3.03. The molecule has 2 amide bonds. The minimum absolute atomic E-state index is 0.114. The molecule has 0 spiro atoms. The van der Waals surface area contributed by atoms with Crippen molar-refractivity contribution in [2.75, 3.05) is 13.1 Å². The second-order valence-corrected chi connectivity index (χ2v) is 4.28. The Bertz CT molecular complexity index is 320. The van der Waals surface area contributed by atoms with Crippen LogP contribution in [0.1, 0.15) is 39.0 Å². The lowest BCUT2D eigenvalue weighted by Crippen LogP contribution is -2.50. The van der Waals surface area contributed by atoms with E-state index >= 15 is 0 Å². The monoisotopic (exact) mass is 237 g/mol. The highest BCUT2D eigenvalue weighted by Crippen LogP contribution is 2.20. The van der Waals surface area contributed by atoms with E-state index in [-0.39, 0.29) is 12.6 Å². The lowest BCUT2D eigenvalue weighted by Gasteiger charge is -2.35. The van der Waals surface area contributed by atoms with Crippen molar-refractivity contribution >= 4 is 11.8 Å². The van der Waals surface area contributed by atoms with Gasteiger partial charge in [0, 0.05) is 12.6 Å². The first-order valence-electron chi connectivity index (χ1n) is 6.16. The predicted octanol–water partition coefficient (Wildman–Crippen LogP) is 0.807. The van der Waals surface area contributed by atoms with E-state index in [1.165, 1.54) is 0 Å². The van der Waals surface area contributed by atoms with Crippen molar-refractivity contribution in [3.63, 3.8) is 0 Å². The highest BCUT2D eigenvalue weighted by molar-refractivity contribution is 6.35. The van der Waals surface area contributed by atoms with Gasteiger partial charge in [0.05, 0.1) is 6.07 Å². The largest absolute Gasteiger partial charge is 0.335 e. The van der Waals surface area contributed by atoms with E-state index in [2.05, 4.69) is 12.2 Å². The molecule has 17 heavy (non-hydrogen) atoms. The van der Waals surface area contributed by atoms with Gasteiger partial charge in [-0.15, -0.1) is 0 Å². The molecule has 0 aromatic heterocycles. The molecule has 5 nitrogen and oxygen atoms in total. The number of carbonyl (C=O) groups is 2. The van der Waals surface area contributed by atoms with Crippen LogP contribution in [0, 0.1) is 11.3 Å². The smallest absolute Gasteiger partial charge is 0.312 e. The fraction of sp³-hybridized carbons (Fsp3) is 0.750. The first-order valence-corrected chi connectivity index (χ1v) is 6.16. The number of nitrogens with zero attached hydrogens (tertiary/aromatic N) is 2. The van der Waals surface area contributed by atoms with Crippen LogP contribution in [0.25, 0.3) is 0 Å². The molecular formula is C12H19N3O2. The van der Waals surface area contributed by atoms with Gasteiger partial charge in [0.1, 0.15) is 6.54 Å². The standard InChI is InChI=1S/C12H19N3O2/c1-2-5-10-6-3-4-9-15(10)12(17)11(16)14-8-7-13/h10H,2-6,8-9H2,1H3,(H,14,16). The molecule has 1 aliphatic heterocycles. The van der Waals surface area contributed by atoms with Gasteiger partial charge in [-0.1, -0.05) is 13.3 Å². The summed E-state index contributed by atoms with van der Waals surface area (Å²) in [6.07, 6.45) is 5.00. The molecule has 1 atom stereocenters. The van der Waals surface area contributed by atoms with E-state index < -0.39 is 11.8 Å². The fourth-order valence-electron chi connectivity index (χ4n) is 2.23. The van der Waals surface area contributed by atoms with Gasteiger partial charge in [-0.05, 0) is 25.7 Å². The van der Waals surface area contributed by atoms with E-state index in [0.29, 0.717) is 6.54 Å². The van der Waals surface area contributed by atoms with Gasteiger partial charge in [0.25, 0.3) is 0 Å². The highest BCUT2D eigenvalue weighted by atomic mass is 16.2. The molecule has 1 fully saturated rings. The first kappa shape index (κ1) is 13.5. The van der Waals surface area contributed by atoms with Crippen molar-refractivity contribution in [2.45, 2.75) is 45.1 Å². The van der Waals surface area contributed by atoms with Crippen LogP contribution in [0.3, 0.4) is 0 Å². The van der Waals surface area contributed by atoms with Crippen LogP contribution in [-0.4, -0.2) is 35.8 Å². The molecule has 94 valence electrons. The molecule has 1 N–H and O–H groups in total. The third-order valence-electron chi connectivity index (χ3n) is 3.03. The van der Waals surface area contributed by atoms with Crippen LogP contribution in [0.4, 0.5) is 0 Å². The lowest BCUT2D eigenvalue weighted by molar-refractivity contribution is -0.148. The van der Waals surface area contributed by atoms with Crippen LogP contribution < -0.4 is 5.32 Å². The summed E-state index contributed by atoms with van der Waals surface area (Å²) >= 11 is 0. The Morgan fingerprint density at radius 2 is 2.24 bits per heavy atom. The second kappa shape index (κ2) is 6.89. The molecule has 1 saturated heterocycles. The second-order valence-electron chi connectivity index (χ2n) is 4.28. The third kappa shape index (κ3) is 3.74. The number of piperidine rings is 1. The Labute approximate surface area is 102 Å². The number of hydrogen-bond donors (Lipinski definition) is 1. The first-order chi connectivity index (χ1) is 8.20. The molecule has 0 saturated carbocycles. The van der Waals surface area contributed by atoms with Crippen LogP contribution in [0.15, 0.2) is 0 Å². The van der Waals surface area contributed by atoms with Crippen molar-refractivity contribution in [3.8, 4) is 6.07 Å². The number of carbonyl (C=O) groups excluding carboxylic acids is 2. The maximum atomic E-state index is 11.9. The molecule has 0 aromatic carbocycles. The Balaban J connectivity index is 2.58. The Hall–Kier alpha value is -1.57. The van der Waals surface area contributed by atoms with Gasteiger partial charge in [-0.25, -0.2) is 0 Å². The van der Waals surface area contributed by atoms with Crippen molar-refractivity contribution < 1.29 is 9.59 Å². The molecule has 1 aliphatic rings. The zero-order chi connectivity index (χ0) is 12.7. The topological polar surface area (TPSA) is 73.2 Å². The number of nitrogens with one attached hydrogen (secondary N) is 1. The summed E-state index contributed by atoms with van der Waals surface area (Å²) < 4.78 is 0. The minimum Gasteiger partial charge on any atom is -0.335 e. The maximum Gasteiger partial charge on any atom is 0.312 e. The zero-order valence-corrected chi connectivity index (χ0v) is 10.2. The SMILES string of the molecule is CCCC1CCCCN1C(=O)C(=O)NCC#N. The van der Waals surface area contributed by atoms with E-state index in [1.807, 2.05) is 0 Å². The van der Waals surface area contributed by atoms with Crippen molar-refractivity contribution in [2.24, 2.45) is 0 Å². The van der Waals surface area contributed by atoms with E-state index in [1.54, 1.807) is 11.0 Å². The van der Waals surface area contributed by atoms with Crippen LogP contribution in [0.2, 0.25) is 0 Å². The summed E-state index contributed by atoms with van der Waals surface area (Å²) in [4.78, 5) is 25.1. The molecule has 5 heteroatoms. The van der Waals surface area contributed by atoms with E-state index in [0.717, 1.165) is 32.1 Å². The molecule has 0 bridgehead atoms. The molecular weight excluding hydrogens is 218 g/mol. The minimum atomic E-state index is -0.658. The summed E-state index contributed by atoms with van der Waals surface area (Å²) in [7, 11) is 0. The summed E-state index contributed by atoms with van der Waals surface area (Å²) in [5.74, 6) is -1.15. The van der Waals surface area contributed by atoms with Crippen LogP contribution in [-0.2, 0) is 9.59 Å². The van der Waals surface area contributed by atoms with Crippen molar-refractivity contribution in [1.29, 1.82) is 5.26 Å². The van der Waals surface area contributed by atoms with Gasteiger partial charge in [-0.3, -0.25) is 9.59 Å². The zero-order valence-electron chi connectivity index (χ0n) is 10.2. The fourth-order valence-corrected chi connectivity index (χ4v) is 2.23. The molecule has 1 rings (SSSR count). The molecule has 1 heterocycles. The summed E-state index contributed by atoms with van der Waals surface area (Å²) in [5.41, 5.74) is 0. The predicted molar refractivity (Wildman–Crippen MR) is 62.9 cm³/mol. The van der Waals surface area contributed by atoms with E-state index in [9.17, 15) is 9.59 Å². The van der Waals surface area contributed by atoms with E-state index in [4.69, 9.17) is 5.26 Å². The average molecular weight is 237 g/mol. The summed E-state index contributed by atoms with van der Waals surface area (Å²) in [5, 5.41) is 10.7. The molecule has 1 unspecified atom stereocenters. The number of amides is 2. The molecule has 0 aliphatic carbocycles. The Morgan fingerprint density at radius 3 is 2.88 bits per heavy atom. The van der Waals surface area contributed by atoms with Gasteiger partial charge < -0.3 is 10.2 Å². The van der Waals surface area contributed by atoms with Crippen LogP contribution in [0.5, 0.6) is 0 Å². The number of rotatable bonds is 3. The number of nitriles is 1. The van der Waals surface area contributed by atoms with Crippen molar-refractivity contribution in [1.82, 2.24) is 10.2 Å². The summed E-state index contributed by atoms with van der Waals surface area (Å²) in [6, 6.07) is 1.98. The number of hydrogen-bond acceptors (Lipinski definition) is 3. The van der Waals surface area contributed by atoms with Crippen LogP contribution >= 0.6 is 0 Å². The molecule has 0 aromatic rings. The van der Waals surface area contributed by atoms with Gasteiger partial charge in [-0.2, -0.15) is 5.26 Å². The highest BCUT2D eigenvalue weighted by Gasteiger charge is 2.29. The van der Waals surface area contributed by atoms with Gasteiger partial charge >= 0.3 is 11.8 Å². The normalized spacial score (nSPS) is 19.5. The van der Waals surface area contributed by atoms with Crippen molar-refractivity contribution in [3.05, 3.63) is 0 Å².